The fraction of sp³-hybridized carbons (Fsp3) is 0.385. The minimum atomic E-state index is -1.15. The van der Waals surface area contributed by atoms with Crippen LogP contribution in [0.3, 0.4) is 0 Å². The molecule has 0 atom stereocenters. The van der Waals surface area contributed by atoms with Crippen LogP contribution in [-0.4, -0.2) is 35.3 Å². The van der Waals surface area contributed by atoms with E-state index in [4.69, 9.17) is 9.84 Å². The van der Waals surface area contributed by atoms with Crippen molar-refractivity contribution >= 4 is 5.97 Å². The predicted molar refractivity (Wildman–Crippen MR) is 65.3 cm³/mol. The molecule has 1 aliphatic rings. The second-order valence-electron chi connectivity index (χ2n) is 4.01. The van der Waals surface area contributed by atoms with Crippen LogP contribution in [0.5, 0.6) is 5.88 Å². The third kappa shape index (κ3) is 3.75. The van der Waals surface area contributed by atoms with Gasteiger partial charge < -0.3 is 15.2 Å². The van der Waals surface area contributed by atoms with Crippen LogP contribution in [0.4, 0.5) is 0 Å². The van der Waals surface area contributed by atoms with Gasteiger partial charge in [-0.05, 0) is 32.0 Å². The number of piperidine rings is 1. The van der Waals surface area contributed by atoms with Gasteiger partial charge in [-0.3, -0.25) is 0 Å². The lowest BCUT2D eigenvalue weighted by Gasteiger charge is -2.23. The summed E-state index contributed by atoms with van der Waals surface area (Å²) in [5, 5.41) is 11.7. The predicted octanol–water partition coefficient (Wildman–Crippen LogP) is 0.649. The van der Waals surface area contributed by atoms with E-state index in [9.17, 15) is 4.79 Å². The van der Waals surface area contributed by atoms with Crippen LogP contribution in [0.25, 0.3) is 0 Å². The molecule has 1 saturated heterocycles. The minimum Gasteiger partial charge on any atom is -0.474 e. The van der Waals surface area contributed by atoms with Crippen molar-refractivity contribution in [1.82, 2.24) is 10.3 Å². The van der Waals surface area contributed by atoms with Gasteiger partial charge in [-0.1, -0.05) is 5.92 Å². The first kappa shape index (κ1) is 12.4. The van der Waals surface area contributed by atoms with Gasteiger partial charge in [-0.2, -0.15) is 0 Å². The smallest absolute Gasteiger partial charge is 0.382 e. The third-order valence-corrected chi connectivity index (χ3v) is 2.62. The molecule has 1 aliphatic heterocycles. The molecule has 1 aromatic rings. The van der Waals surface area contributed by atoms with Gasteiger partial charge in [0.2, 0.25) is 5.88 Å². The zero-order chi connectivity index (χ0) is 12.8. The standard InChI is InChI=1S/C13H14N2O3/c16-13(17)4-2-10-1-3-12(15-9-10)18-11-5-7-14-8-6-11/h1,3,9,11,14H,5-8H2,(H,16,17). The van der Waals surface area contributed by atoms with Crippen LogP contribution < -0.4 is 10.1 Å². The number of hydrogen-bond donors (Lipinski definition) is 2. The van der Waals surface area contributed by atoms with Gasteiger partial charge in [-0.25, -0.2) is 9.78 Å². The number of carboxylic acids is 1. The van der Waals surface area contributed by atoms with E-state index in [0.29, 0.717) is 11.4 Å². The van der Waals surface area contributed by atoms with Crippen molar-refractivity contribution in [2.24, 2.45) is 0 Å². The largest absolute Gasteiger partial charge is 0.474 e. The van der Waals surface area contributed by atoms with Gasteiger partial charge in [0.25, 0.3) is 0 Å². The molecule has 0 aliphatic carbocycles. The minimum absolute atomic E-state index is 0.203. The highest BCUT2D eigenvalue weighted by molar-refractivity contribution is 5.87. The summed E-state index contributed by atoms with van der Waals surface area (Å²) in [5.41, 5.74) is 0.565. The molecule has 0 aromatic carbocycles. The number of ether oxygens (including phenoxy) is 1. The van der Waals surface area contributed by atoms with Crippen molar-refractivity contribution in [1.29, 1.82) is 0 Å². The Kier molecular flexibility index (Phi) is 4.15. The number of aromatic nitrogens is 1. The van der Waals surface area contributed by atoms with E-state index >= 15 is 0 Å². The van der Waals surface area contributed by atoms with Crippen LogP contribution in [0.2, 0.25) is 0 Å². The third-order valence-electron chi connectivity index (χ3n) is 2.62. The first-order valence-electron chi connectivity index (χ1n) is 5.82. The van der Waals surface area contributed by atoms with Gasteiger partial charge in [0.05, 0.1) is 0 Å². The lowest BCUT2D eigenvalue weighted by atomic mass is 10.1. The molecule has 2 heterocycles. The van der Waals surface area contributed by atoms with Crippen molar-refractivity contribution in [3.05, 3.63) is 23.9 Å². The molecule has 2 rings (SSSR count). The van der Waals surface area contributed by atoms with Gasteiger partial charge in [-0.15, -0.1) is 0 Å². The fourth-order valence-corrected chi connectivity index (χ4v) is 1.73. The highest BCUT2D eigenvalue weighted by Crippen LogP contribution is 2.13. The summed E-state index contributed by atoms with van der Waals surface area (Å²) < 4.78 is 5.72. The molecule has 0 radical (unpaired) electrons. The molecular weight excluding hydrogens is 232 g/mol. The maximum atomic E-state index is 10.3. The monoisotopic (exact) mass is 246 g/mol. The Morgan fingerprint density at radius 3 is 2.83 bits per heavy atom. The number of aliphatic carboxylic acids is 1. The second-order valence-corrected chi connectivity index (χ2v) is 4.01. The molecule has 1 fully saturated rings. The summed E-state index contributed by atoms with van der Waals surface area (Å²) in [7, 11) is 0. The number of pyridine rings is 1. The molecule has 2 N–H and O–H groups in total. The van der Waals surface area contributed by atoms with Crippen LogP contribution in [0.1, 0.15) is 18.4 Å². The highest BCUT2D eigenvalue weighted by atomic mass is 16.5. The molecule has 0 amide bonds. The molecule has 5 nitrogen and oxygen atoms in total. The lowest BCUT2D eigenvalue weighted by Crippen LogP contribution is -2.34. The molecule has 1 aromatic heterocycles. The fourth-order valence-electron chi connectivity index (χ4n) is 1.73. The van der Waals surface area contributed by atoms with E-state index in [1.807, 2.05) is 5.92 Å². The SMILES string of the molecule is O=C(O)C#Cc1ccc(OC2CCNCC2)nc1. The molecule has 5 heteroatoms. The topological polar surface area (TPSA) is 71.5 Å². The van der Waals surface area contributed by atoms with Crippen molar-refractivity contribution < 1.29 is 14.6 Å². The highest BCUT2D eigenvalue weighted by Gasteiger charge is 2.14. The number of carbonyl (C=O) groups is 1. The summed E-state index contributed by atoms with van der Waals surface area (Å²) in [5.74, 6) is 3.95. The molecule has 0 bridgehead atoms. The number of nitrogens with zero attached hydrogens (tertiary/aromatic N) is 1. The van der Waals surface area contributed by atoms with E-state index in [1.54, 1.807) is 12.1 Å². The Morgan fingerprint density at radius 2 is 2.22 bits per heavy atom. The normalized spacial score (nSPS) is 15.6. The summed E-state index contributed by atoms with van der Waals surface area (Å²) in [6.07, 6.45) is 3.67. The number of nitrogens with one attached hydrogen (secondary N) is 1. The van der Waals surface area contributed by atoms with E-state index < -0.39 is 5.97 Å². The molecule has 0 saturated carbocycles. The van der Waals surface area contributed by atoms with Crippen molar-refractivity contribution in [3.8, 4) is 17.7 Å². The molecule has 0 unspecified atom stereocenters. The van der Waals surface area contributed by atoms with Gasteiger partial charge in [0.1, 0.15) is 6.10 Å². The van der Waals surface area contributed by atoms with Crippen LogP contribution in [0, 0.1) is 11.8 Å². The van der Waals surface area contributed by atoms with Crippen LogP contribution in [-0.2, 0) is 4.79 Å². The quantitative estimate of drug-likeness (QED) is 0.750. The Balaban J connectivity index is 1.95. The van der Waals surface area contributed by atoms with E-state index in [1.165, 1.54) is 6.20 Å². The maximum Gasteiger partial charge on any atom is 0.382 e. The molecular formula is C13H14N2O3. The van der Waals surface area contributed by atoms with Crippen molar-refractivity contribution in [3.63, 3.8) is 0 Å². The van der Waals surface area contributed by atoms with Crippen LogP contribution in [0.15, 0.2) is 18.3 Å². The maximum absolute atomic E-state index is 10.3. The number of hydrogen-bond acceptors (Lipinski definition) is 4. The van der Waals surface area contributed by atoms with Gasteiger partial charge >= 0.3 is 5.97 Å². The molecule has 94 valence electrons. The zero-order valence-electron chi connectivity index (χ0n) is 9.85. The number of carboxylic acid groups (broad SMARTS) is 1. The second kappa shape index (κ2) is 6.03. The van der Waals surface area contributed by atoms with Crippen molar-refractivity contribution in [2.75, 3.05) is 13.1 Å². The first-order valence-corrected chi connectivity index (χ1v) is 5.82. The molecule has 0 spiro atoms. The van der Waals surface area contributed by atoms with Gasteiger partial charge in [0.15, 0.2) is 0 Å². The summed E-state index contributed by atoms with van der Waals surface area (Å²) >= 11 is 0. The zero-order valence-corrected chi connectivity index (χ0v) is 9.85. The van der Waals surface area contributed by atoms with Crippen molar-refractivity contribution in [2.45, 2.75) is 18.9 Å². The average molecular weight is 246 g/mol. The summed E-state index contributed by atoms with van der Waals surface area (Å²) in [6.45, 7) is 1.93. The van der Waals surface area contributed by atoms with E-state index in [0.717, 1.165) is 25.9 Å². The Bertz CT molecular complexity index is 467. The summed E-state index contributed by atoms with van der Waals surface area (Å²) in [4.78, 5) is 14.4. The average Bonchev–Trinajstić information content (AvgIpc) is 2.39. The Labute approximate surface area is 105 Å². The van der Waals surface area contributed by atoms with E-state index in [-0.39, 0.29) is 6.10 Å². The van der Waals surface area contributed by atoms with Gasteiger partial charge in [0, 0.05) is 23.7 Å². The van der Waals surface area contributed by atoms with E-state index in [2.05, 4.69) is 16.2 Å². The summed E-state index contributed by atoms with van der Waals surface area (Å²) in [6, 6.07) is 3.42. The number of rotatable bonds is 2. The lowest BCUT2D eigenvalue weighted by molar-refractivity contribution is -0.130. The Morgan fingerprint density at radius 1 is 1.44 bits per heavy atom. The Hall–Kier alpha value is -2.06. The molecule has 18 heavy (non-hydrogen) atoms. The first-order chi connectivity index (χ1) is 8.74. The van der Waals surface area contributed by atoms with Crippen LogP contribution >= 0.6 is 0 Å².